The number of hydrogen-bond donors (Lipinski definition) is 1. The zero-order chi connectivity index (χ0) is 15.0. The van der Waals surface area contributed by atoms with E-state index in [1.807, 2.05) is 31.2 Å². The number of nitrogens with zero attached hydrogens (tertiary/aromatic N) is 1. The molecule has 1 aromatic heterocycles. The van der Waals surface area contributed by atoms with Gasteiger partial charge in [-0.25, -0.2) is 8.78 Å². The van der Waals surface area contributed by atoms with E-state index in [9.17, 15) is 8.78 Å². The quantitative estimate of drug-likeness (QED) is 0.769. The molecule has 5 heteroatoms. The fraction of sp³-hybridized carbons (Fsp3) is 0.0625. The highest BCUT2D eigenvalue weighted by Crippen LogP contribution is 2.37. The van der Waals surface area contributed by atoms with Crippen molar-refractivity contribution < 1.29 is 13.3 Å². The Morgan fingerprint density at radius 2 is 1.57 bits per heavy atom. The maximum Gasteiger partial charge on any atom is 0.176 e. The van der Waals surface area contributed by atoms with Crippen molar-refractivity contribution in [2.75, 3.05) is 5.73 Å². The molecule has 0 saturated carbocycles. The van der Waals surface area contributed by atoms with E-state index in [4.69, 9.17) is 10.3 Å². The zero-order valence-electron chi connectivity index (χ0n) is 11.2. The van der Waals surface area contributed by atoms with Crippen LogP contribution in [-0.4, -0.2) is 5.16 Å². The van der Waals surface area contributed by atoms with Crippen molar-refractivity contribution in [2.45, 2.75) is 6.92 Å². The number of nitrogen functional groups attached to an aromatic ring is 1. The van der Waals surface area contributed by atoms with Crippen LogP contribution >= 0.6 is 0 Å². The van der Waals surface area contributed by atoms with E-state index in [0.29, 0.717) is 16.9 Å². The summed E-state index contributed by atoms with van der Waals surface area (Å²) in [5.74, 6) is -0.881. The van der Waals surface area contributed by atoms with E-state index in [-0.39, 0.29) is 5.82 Å². The second-order valence-electron chi connectivity index (χ2n) is 4.80. The lowest BCUT2D eigenvalue weighted by atomic mass is 10.0. The number of anilines is 1. The number of halogens is 2. The van der Waals surface area contributed by atoms with Gasteiger partial charge in [0.25, 0.3) is 0 Å². The minimum Gasteiger partial charge on any atom is -0.380 e. The maximum absolute atomic E-state index is 13.4. The Kier molecular flexibility index (Phi) is 3.17. The van der Waals surface area contributed by atoms with Crippen LogP contribution in [0.25, 0.3) is 22.5 Å². The second-order valence-corrected chi connectivity index (χ2v) is 4.80. The fourth-order valence-corrected chi connectivity index (χ4v) is 2.18. The molecule has 0 aliphatic rings. The highest BCUT2D eigenvalue weighted by molar-refractivity contribution is 5.86. The molecule has 0 saturated heterocycles. The largest absolute Gasteiger partial charge is 0.380 e. The van der Waals surface area contributed by atoms with Gasteiger partial charge in [-0.3, -0.25) is 0 Å². The van der Waals surface area contributed by atoms with E-state index in [0.717, 1.165) is 17.2 Å². The molecule has 21 heavy (non-hydrogen) atoms. The summed E-state index contributed by atoms with van der Waals surface area (Å²) in [7, 11) is 0. The van der Waals surface area contributed by atoms with Gasteiger partial charge < -0.3 is 10.3 Å². The van der Waals surface area contributed by atoms with Crippen molar-refractivity contribution in [3.8, 4) is 22.5 Å². The molecule has 0 radical (unpaired) electrons. The Bertz CT molecular complexity index is 774. The lowest BCUT2D eigenvalue weighted by molar-refractivity contribution is 0.436. The van der Waals surface area contributed by atoms with Crippen LogP contribution in [0.5, 0.6) is 0 Å². The molecule has 0 spiro atoms. The Morgan fingerprint density at radius 1 is 0.952 bits per heavy atom. The molecular weight excluding hydrogens is 274 g/mol. The number of aryl methyl sites for hydroxylation is 1. The highest BCUT2D eigenvalue weighted by Gasteiger charge is 2.18. The number of benzene rings is 2. The molecule has 3 rings (SSSR count). The summed E-state index contributed by atoms with van der Waals surface area (Å²) < 4.78 is 32.0. The average molecular weight is 286 g/mol. The average Bonchev–Trinajstić information content (AvgIpc) is 2.80. The standard InChI is InChI=1S/C16H12F2N2O/c1-9-2-4-10(5-3-9)15-14(16(19)20-21-15)11-6-12(17)8-13(18)7-11/h2-8H,1H3,(H2,19,20). The smallest absolute Gasteiger partial charge is 0.176 e. The van der Waals surface area contributed by atoms with Gasteiger partial charge in [0, 0.05) is 11.6 Å². The first kappa shape index (κ1) is 13.3. The van der Waals surface area contributed by atoms with Gasteiger partial charge in [-0.15, -0.1) is 0 Å². The molecule has 0 atom stereocenters. The summed E-state index contributed by atoms with van der Waals surface area (Å²) in [5.41, 5.74) is 8.30. The number of nitrogens with two attached hydrogens (primary N) is 1. The molecule has 3 aromatic rings. The topological polar surface area (TPSA) is 52.0 Å². The van der Waals surface area contributed by atoms with E-state index >= 15 is 0 Å². The van der Waals surface area contributed by atoms with Crippen molar-refractivity contribution in [1.29, 1.82) is 0 Å². The summed E-state index contributed by atoms with van der Waals surface area (Å²) in [6, 6.07) is 10.7. The van der Waals surface area contributed by atoms with Crippen molar-refractivity contribution >= 4 is 5.82 Å². The molecule has 0 aliphatic carbocycles. The summed E-state index contributed by atoms with van der Waals surface area (Å²) in [5, 5.41) is 3.71. The zero-order valence-corrected chi connectivity index (χ0v) is 11.2. The van der Waals surface area contributed by atoms with Crippen LogP contribution in [0, 0.1) is 18.6 Å². The molecule has 0 bridgehead atoms. The monoisotopic (exact) mass is 286 g/mol. The Balaban J connectivity index is 2.19. The van der Waals surface area contributed by atoms with Gasteiger partial charge in [-0.2, -0.15) is 0 Å². The summed E-state index contributed by atoms with van der Waals surface area (Å²) in [4.78, 5) is 0. The Hall–Kier alpha value is -2.69. The van der Waals surface area contributed by atoms with Gasteiger partial charge in [0.05, 0.1) is 5.56 Å². The highest BCUT2D eigenvalue weighted by atomic mass is 19.1. The van der Waals surface area contributed by atoms with E-state index < -0.39 is 11.6 Å². The van der Waals surface area contributed by atoms with Crippen molar-refractivity contribution in [3.63, 3.8) is 0 Å². The van der Waals surface area contributed by atoms with Gasteiger partial charge in [-0.05, 0) is 24.6 Å². The molecule has 0 unspecified atom stereocenters. The molecule has 0 amide bonds. The predicted molar refractivity (Wildman–Crippen MR) is 76.4 cm³/mol. The van der Waals surface area contributed by atoms with Crippen LogP contribution in [0.3, 0.4) is 0 Å². The van der Waals surface area contributed by atoms with Crippen LogP contribution in [0.2, 0.25) is 0 Å². The molecule has 2 aromatic carbocycles. The summed E-state index contributed by atoms with van der Waals surface area (Å²) in [6.07, 6.45) is 0. The number of hydrogen-bond acceptors (Lipinski definition) is 3. The number of rotatable bonds is 2. The molecule has 0 aliphatic heterocycles. The molecule has 2 N–H and O–H groups in total. The van der Waals surface area contributed by atoms with Gasteiger partial charge in [0.15, 0.2) is 11.6 Å². The molecule has 106 valence electrons. The SMILES string of the molecule is Cc1ccc(-c2onc(N)c2-c2cc(F)cc(F)c2)cc1. The van der Waals surface area contributed by atoms with Crippen LogP contribution in [0.1, 0.15) is 5.56 Å². The first-order valence-electron chi connectivity index (χ1n) is 6.33. The van der Waals surface area contributed by atoms with E-state index in [1.54, 1.807) is 0 Å². The van der Waals surface area contributed by atoms with Crippen molar-refractivity contribution in [2.24, 2.45) is 0 Å². The first-order chi connectivity index (χ1) is 10.0. The van der Waals surface area contributed by atoms with Gasteiger partial charge >= 0.3 is 0 Å². The molecular formula is C16H12F2N2O. The third-order valence-electron chi connectivity index (χ3n) is 3.18. The minimum absolute atomic E-state index is 0.0931. The molecule has 1 heterocycles. The first-order valence-corrected chi connectivity index (χ1v) is 6.33. The molecule has 0 fully saturated rings. The lowest BCUT2D eigenvalue weighted by Crippen LogP contribution is -1.91. The van der Waals surface area contributed by atoms with Gasteiger partial charge in [0.2, 0.25) is 0 Å². The van der Waals surface area contributed by atoms with Crippen molar-refractivity contribution in [3.05, 3.63) is 59.7 Å². The van der Waals surface area contributed by atoms with Gasteiger partial charge in [-0.1, -0.05) is 35.0 Å². The normalized spacial score (nSPS) is 10.8. The predicted octanol–water partition coefficient (Wildman–Crippen LogP) is 4.18. The summed E-state index contributed by atoms with van der Waals surface area (Å²) >= 11 is 0. The Morgan fingerprint density at radius 3 is 2.19 bits per heavy atom. The van der Waals surface area contributed by atoms with Crippen LogP contribution in [0.15, 0.2) is 47.0 Å². The third-order valence-corrected chi connectivity index (χ3v) is 3.18. The number of aromatic nitrogens is 1. The maximum atomic E-state index is 13.4. The van der Waals surface area contributed by atoms with Crippen LogP contribution in [-0.2, 0) is 0 Å². The lowest BCUT2D eigenvalue weighted by Gasteiger charge is -2.04. The van der Waals surface area contributed by atoms with Gasteiger partial charge in [0.1, 0.15) is 11.6 Å². The third kappa shape index (κ3) is 2.50. The summed E-state index contributed by atoms with van der Waals surface area (Å²) in [6.45, 7) is 1.96. The Labute approximate surface area is 120 Å². The van der Waals surface area contributed by atoms with Crippen LogP contribution in [0.4, 0.5) is 14.6 Å². The fourth-order valence-electron chi connectivity index (χ4n) is 2.18. The molecule has 3 nitrogen and oxygen atoms in total. The van der Waals surface area contributed by atoms with E-state index in [1.165, 1.54) is 12.1 Å². The minimum atomic E-state index is -0.680. The van der Waals surface area contributed by atoms with Crippen LogP contribution < -0.4 is 5.73 Å². The van der Waals surface area contributed by atoms with Crippen molar-refractivity contribution in [1.82, 2.24) is 5.16 Å². The van der Waals surface area contributed by atoms with E-state index in [2.05, 4.69) is 5.16 Å². The second kappa shape index (κ2) is 5.01.